The number of nitrogens with one attached hydrogen (secondary N) is 1. The second kappa shape index (κ2) is 12.0. The summed E-state index contributed by atoms with van der Waals surface area (Å²) in [5.74, 6) is -2.21. The Balaban J connectivity index is 2.14. The van der Waals surface area contributed by atoms with Crippen LogP contribution in [0, 0.1) is 11.7 Å². The molecule has 0 radical (unpaired) electrons. The fourth-order valence-corrected chi connectivity index (χ4v) is 3.58. The van der Waals surface area contributed by atoms with Gasteiger partial charge in [0.15, 0.2) is 12.3 Å². The smallest absolute Gasteiger partial charge is 0.343 e. The van der Waals surface area contributed by atoms with Crippen LogP contribution in [-0.2, 0) is 14.3 Å². The predicted octanol–water partition coefficient (Wildman–Crippen LogP) is 3.47. The zero-order chi connectivity index (χ0) is 27.1. The van der Waals surface area contributed by atoms with E-state index in [1.807, 2.05) is 0 Å². The van der Waals surface area contributed by atoms with Crippen molar-refractivity contribution in [1.29, 1.82) is 0 Å². The molecule has 0 spiro atoms. The van der Waals surface area contributed by atoms with Crippen molar-refractivity contribution in [2.75, 3.05) is 20.8 Å². The molecular formula is C26H28FN3O7. The Morgan fingerprint density at radius 2 is 1.76 bits per heavy atom. The first-order chi connectivity index (χ1) is 17.6. The van der Waals surface area contributed by atoms with Gasteiger partial charge in [0.05, 0.1) is 37.6 Å². The topological polar surface area (TPSA) is 129 Å². The maximum absolute atomic E-state index is 13.6. The summed E-state index contributed by atoms with van der Waals surface area (Å²) in [6, 6.07) is 11.3. The van der Waals surface area contributed by atoms with Gasteiger partial charge in [0, 0.05) is 6.04 Å². The molecule has 1 aromatic heterocycles. The Kier molecular flexibility index (Phi) is 8.83. The number of carboxylic acids is 1. The highest BCUT2D eigenvalue weighted by atomic mass is 19.1. The Morgan fingerprint density at radius 3 is 2.35 bits per heavy atom. The van der Waals surface area contributed by atoms with Gasteiger partial charge in [-0.25, -0.2) is 13.9 Å². The lowest BCUT2D eigenvalue weighted by atomic mass is 10.0. The van der Waals surface area contributed by atoms with Crippen molar-refractivity contribution in [1.82, 2.24) is 15.1 Å². The molecule has 1 amide bonds. The normalized spacial score (nSPS) is 11.6. The van der Waals surface area contributed by atoms with Gasteiger partial charge in [0.1, 0.15) is 17.3 Å². The van der Waals surface area contributed by atoms with Crippen molar-refractivity contribution in [2.45, 2.75) is 26.3 Å². The van der Waals surface area contributed by atoms with Crippen molar-refractivity contribution in [2.24, 2.45) is 5.92 Å². The maximum atomic E-state index is 13.6. The van der Waals surface area contributed by atoms with E-state index < -0.39 is 29.7 Å². The number of aromatic nitrogens is 2. The molecule has 3 rings (SSSR count). The number of nitrogens with zero attached hydrogens (tertiary/aromatic N) is 2. The van der Waals surface area contributed by atoms with Gasteiger partial charge in [-0.05, 0) is 48.4 Å². The lowest BCUT2D eigenvalue weighted by Crippen LogP contribution is -2.40. The van der Waals surface area contributed by atoms with E-state index in [0.717, 1.165) is 0 Å². The van der Waals surface area contributed by atoms with Gasteiger partial charge in [0.25, 0.3) is 5.91 Å². The van der Waals surface area contributed by atoms with Crippen molar-refractivity contribution in [3.63, 3.8) is 0 Å². The van der Waals surface area contributed by atoms with Crippen molar-refractivity contribution in [3.05, 3.63) is 60.0 Å². The van der Waals surface area contributed by atoms with E-state index in [4.69, 9.17) is 9.47 Å². The molecule has 0 saturated heterocycles. The summed E-state index contributed by atoms with van der Waals surface area (Å²) >= 11 is 0. The minimum Gasteiger partial charge on any atom is -0.496 e. The SMILES string of the molecule is COC(=O)COc1cccc(OC)c1-c1cc(C(=O)NC(CC(=O)O)C(C)C)nn1-c1ccc(F)cc1. The number of hydrogen-bond acceptors (Lipinski definition) is 7. The van der Waals surface area contributed by atoms with E-state index in [1.54, 1.807) is 32.0 Å². The molecule has 10 nitrogen and oxygen atoms in total. The highest BCUT2D eigenvalue weighted by molar-refractivity contribution is 5.94. The summed E-state index contributed by atoms with van der Waals surface area (Å²) < 4.78 is 30.9. The molecule has 0 aliphatic carbocycles. The summed E-state index contributed by atoms with van der Waals surface area (Å²) in [5.41, 5.74) is 1.16. The fourth-order valence-electron chi connectivity index (χ4n) is 3.58. The van der Waals surface area contributed by atoms with Gasteiger partial charge < -0.3 is 24.6 Å². The number of carbonyl (C=O) groups excluding carboxylic acids is 2. The van der Waals surface area contributed by atoms with Crippen LogP contribution in [0.1, 0.15) is 30.8 Å². The third-order valence-corrected chi connectivity index (χ3v) is 5.57. The third-order valence-electron chi connectivity index (χ3n) is 5.57. The first-order valence-electron chi connectivity index (χ1n) is 11.4. The van der Waals surface area contributed by atoms with Gasteiger partial charge in [-0.2, -0.15) is 5.10 Å². The molecule has 1 unspecified atom stereocenters. The average molecular weight is 514 g/mol. The first-order valence-corrected chi connectivity index (χ1v) is 11.4. The number of halogens is 1. The van der Waals surface area contributed by atoms with Gasteiger partial charge >= 0.3 is 11.9 Å². The number of methoxy groups -OCH3 is 2. The largest absolute Gasteiger partial charge is 0.496 e. The van der Waals surface area contributed by atoms with E-state index in [1.165, 1.54) is 49.2 Å². The molecule has 3 aromatic rings. The molecule has 1 atom stereocenters. The first kappa shape index (κ1) is 27.2. The Bertz CT molecular complexity index is 1270. The third kappa shape index (κ3) is 6.63. The number of rotatable bonds is 11. The zero-order valence-electron chi connectivity index (χ0n) is 20.9. The molecule has 37 heavy (non-hydrogen) atoms. The second-order valence-corrected chi connectivity index (χ2v) is 8.42. The van der Waals surface area contributed by atoms with E-state index >= 15 is 0 Å². The molecule has 2 aromatic carbocycles. The predicted molar refractivity (Wildman–Crippen MR) is 131 cm³/mol. The molecule has 196 valence electrons. The lowest BCUT2D eigenvalue weighted by Gasteiger charge is -2.19. The Labute approximate surface area is 213 Å². The van der Waals surface area contributed by atoms with Gasteiger partial charge in [-0.15, -0.1) is 0 Å². The van der Waals surface area contributed by atoms with E-state index in [0.29, 0.717) is 22.7 Å². The van der Waals surface area contributed by atoms with E-state index in [9.17, 15) is 23.9 Å². The lowest BCUT2D eigenvalue weighted by molar-refractivity contribution is -0.143. The highest BCUT2D eigenvalue weighted by Crippen LogP contribution is 2.39. The average Bonchev–Trinajstić information content (AvgIpc) is 3.31. The summed E-state index contributed by atoms with van der Waals surface area (Å²) in [6.07, 6.45) is -0.257. The minimum atomic E-state index is -1.04. The van der Waals surface area contributed by atoms with Gasteiger partial charge in [-0.3, -0.25) is 9.59 Å². The van der Waals surface area contributed by atoms with Crippen LogP contribution in [0.3, 0.4) is 0 Å². The Morgan fingerprint density at radius 1 is 1.08 bits per heavy atom. The van der Waals surface area contributed by atoms with Gasteiger partial charge in [0.2, 0.25) is 0 Å². The molecular weight excluding hydrogens is 485 g/mol. The zero-order valence-corrected chi connectivity index (χ0v) is 20.9. The van der Waals surface area contributed by atoms with Crippen LogP contribution in [0.5, 0.6) is 11.5 Å². The summed E-state index contributed by atoms with van der Waals surface area (Å²) in [6.45, 7) is 3.23. The second-order valence-electron chi connectivity index (χ2n) is 8.42. The quantitative estimate of drug-likeness (QED) is 0.373. The molecule has 2 N–H and O–H groups in total. The number of carboxylic acid groups (broad SMARTS) is 1. The van der Waals surface area contributed by atoms with Crippen molar-refractivity contribution < 1.29 is 38.1 Å². The molecule has 0 aliphatic rings. The Hall–Kier alpha value is -4.41. The number of carbonyl (C=O) groups is 3. The fraction of sp³-hybridized carbons (Fsp3) is 0.308. The molecule has 0 saturated carbocycles. The molecule has 11 heteroatoms. The van der Waals surface area contributed by atoms with Crippen molar-refractivity contribution >= 4 is 17.8 Å². The number of amides is 1. The standard InChI is InChI=1S/C26H28FN3O7/c1-15(2)18(13-23(31)32)28-26(34)19-12-20(30(29-19)17-10-8-16(27)9-11-17)25-21(35-3)6-5-7-22(25)37-14-24(33)36-4/h5-12,15,18H,13-14H2,1-4H3,(H,28,34)(H,31,32). The highest BCUT2D eigenvalue weighted by Gasteiger charge is 2.26. The van der Waals surface area contributed by atoms with Crippen LogP contribution in [0.15, 0.2) is 48.5 Å². The van der Waals surface area contributed by atoms with Crippen LogP contribution < -0.4 is 14.8 Å². The van der Waals surface area contributed by atoms with Crippen molar-refractivity contribution in [3.8, 4) is 28.4 Å². The van der Waals surface area contributed by atoms with Crippen LogP contribution >= 0.6 is 0 Å². The van der Waals surface area contributed by atoms with Crippen LogP contribution in [0.25, 0.3) is 16.9 Å². The summed E-state index contributed by atoms with van der Waals surface area (Å²) in [7, 11) is 2.69. The van der Waals surface area contributed by atoms with Crippen LogP contribution in [0.2, 0.25) is 0 Å². The van der Waals surface area contributed by atoms with Crippen LogP contribution in [0.4, 0.5) is 4.39 Å². The van der Waals surface area contributed by atoms with E-state index in [2.05, 4.69) is 15.2 Å². The molecule has 1 heterocycles. The molecule has 0 bridgehead atoms. The number of esters is 1. The van der Waals surface area contributed by atoms with E-state index in [-0.39, 0.29) is 30.4 Å². The maximum Gasteiger partial charge on any atom is 0.343 e. The summed E-state index contributed by atoms with van der Waals surface area (Å²) in [4.78, 5) is 36.1. The number of ether oxygens (including phenoxy) is 3. The number of benzene rings is 2. The van der Waals surface area contributed by atoms with Crippen LogP contribution in [-0.4, -0.2) is 59.6 Å². The van der Waals surface area contributed by atoms with Gasteiger partial charge in [-0.1, -0.05) is 19.9 Å². The monoisotopic (exact) mass is 513 g/mol. The summed E-state index contributed by atoms with van der Waals surface area (Å²) in [5, 5.41) is 16.4. The minimum absolute atomic E-state index is 0.0137. The molecule has 0 aliphatic heterocycles. The molecule has 0 fully saturated rings. The number of hydrogen-bond donors (Lipinski definition) is 2. The number of aliphatic carboxylic acids is 1.